The summed E-state index contributed by atoms with van der Waals surface area (Å²) >= 11 is 0. The van der Waals surface area contributed by atoms with E-state index in [1.165, 1.54) is 5.56 Å². The van der Waals surface area contributed by atoms with Crippen LogP contribution in [-0.4, -0.2) is 24.4 Å². The number of aliphatic imine (C=N–C) groups is 1. The first kappa shape index (κ1) is 17.2. The molecule has 2 aromatic carbocycles. The average Bonchev–Trinajstić information content (AvgIpc) is 2.59. The Balaban J connectivity index is 2.15. The lowest BCUT2D eigenvalue weighted by Crippen LogP contribution is -2.21. The van der Waals surface area contributed by atoms with Crippen LogP contribution >= 0.6 is 0 Å². The number of aromatic hydroxyl groups is 1. The first-order chi connectivity index (χ1) is 11.1. The van der Waals surface area contributed by atoms with Crippen LogP contribution in [0, 0.1) is 0 Å². The Morgan fingerprint density at radius 2 is 1.83 bits per heavy atom. The van der Waals surface area contributed by atoms with E-state index in [0.29, 0.717) is 11.8 Å². The molecular weight excluding hydrogens is 284 g/mol. The van der Waals surface area contributed by atoms with E-state index in [9.17, 15) is 5.11 Å². The molecule has 0 aliphatic carbocycles. The summed E-state index contributed by atoms with van der Waals surface area (Å²) in [6.07, 6.45) is 3.72. The first-order valence-electron chi connectivity index (χ1n) is 8.19. The molecule has 23 heavy (non-hydrogen) atoms. The zero-order valence-electron chi connectivity index (χ0n) is 14.2. The lowest BCUT2D eigenvalue weighted by atomic mass is 10.0. The predicted octanol–water partition coefficient (Wildman–Crippen LogP) is 4.44. The Morgan fingerprint density at radius 3 is 2.52 bits per heavy atom. The third-order valence-corrected chi connectivity index (χ3v) is 4.21. The number of benzene rings is 2. The van der Waals surface area contributed by atoms with Gasteiger partial charge >= 0.3 is 0 Å². The molecule has 0 radical (unpaired) electrons. The molecule has 2 aromatic rings. The van der Waals surface area contributed by atoms with E-state index in [1.54, 1.807) is 6.07 Å². The Morgan fingerprint density at radius 1 is 1.09 bits per heavy atom. The minimum absolute atomic E-state index is 0.239. The van der Waals surface area contributed by atoms with Crippen LogP contribution < -0.4 is 5.32 Å². The molecule has 0 amide bonds. The summed E-state index contributed by atoms with van der Waals surface area (Å²) in [6, 6.07) is 16.3. The van der Waals surface area contributed by atoms with E-state index in [-0.39, 0.29) is 5.92 Å². The highest BCUT2D eigenvalue weighted by Crippen LogP contribution is 2.29. The molecule has 0 heterocycles. The molecule has 0 aliphatic heterocycles. The molecule has 0 aromatic heterocycles. The van der Waals surface area contributed by atoms with Gasteiger partial charge in [0.2, 0.25) is 0 Å². The number of hydrogen-bond donors (Lipinski definition) is 2. The minimum Gasteiger partial charge on any atom is -0.508 e. The number of phenolic OH excluding ortho intramolecular Hbond substituents is 1. The number of rotatable bonds is 7. The van der Waals surface area contributed by atoms with Crippen molar-refractivity contribution in [2.24, 2.45) is 4.99 Å². The highest BCUT2D eigenvalue weighted by molar-refractivity contribution is 5.72. The van der Waals surface area contributed by atoms with Crippen molar-refractivity contribution in [1.82, 2.24) is 5.32 Å². The second-order valence-electron chi connectivity index (χ2n) is 5.98. The highest BCUT2D eigenvalue weighted by Gasteiger charge is 2.09. The second kappa shape index (κ2) is 8.49. The maximum atomic E-state index is 10.2. The summed E-state index contributed by atoms with van der Waals surface area (Å²) < 4.78 is 0. The summed E-state index contributed by atoms with van der Waals surface area (Å²) in [5.41, 5.74) is 3.02. The molecule has 0 bridgehead atoms. The second-order valence-corrected chi connectivity index (χ2v) is 5.98. The van der Waals surface area contributed by atoms with Crippen LogP contribution in [-0.2, 0) is 6.42 Å². The number of nitrogens with one attached hydrogen (secondary N) is 1. The summed E-state index contributed by atoms with van der Waals surface area (Å²) in [7, 11) is 1.95. The Hall–Kier alpha value is -2.13. The van der Waals surface area contributed by atoms with Crippen molar-refractivity contribution in [2.45, 2.75) is 38.6 Å². The van der Waals surface area contributed by atoms with E-state index in [0.717, 1.165) is 24.1 Å². The van der Waals surface area contributed by atoms with Gasteiger partial charge < -0.3 is 10.4 Å². The van der Waals surface area contributed by atoms with Crippen molar-refractivity contribution in [3.05, 3.63) is 59.7 Å². The minimum atomic E-state index is 0.239. The van der Waals surface area contributed by atoms with Crippen molar-refractivity contribution in [2.75, 3.05) is 7.05 Å². The fraction of sp³-hybridized carbons (Fsp3) is 0.350. The largest absolute Gasteiger partial charge is 0.508 e. The summed E-state index contributed by atoms with van der Waals surface area (Å²) in [6.45, 7) is 4.27. The van der Waals surface area contributed by atoms with Crippen LogP contribution in [0.5, 0.6) is 5.75 Å². The quantitative estimate of drug-likeness (QED) is 0.743. The number of nitrogens with zero attached hydrogens (tertiary/aromatic N) is 1. The smallest absolute Gasteiger partial charge is 0.120 e. The maximum absolute atomic E-state index is 10.2. The SMILES string of the molecule is CNC(C)CCc1c(O)cccc1/N=C/C(C)c1ccccc1. The molecule has 2 atom stereocenters. The van der Waals surface area contributed by atoms with E-state index in [1.807, 2.05) is 43.6 Å². The van der Waals surface area contributed by atoms with Gasteiger partial charge in [0.05, 0.1) is 5.69 Å². The molecular formula is C20H26N2O. The molecule has 0 spiro atoms. The first-order valence-corrected chi connectivity index (χ1v) is 8.19. The van der Waals surface area contributed by atoms with Gasteiger partial charge in [-0.2, -0.15) is 0 Å². The summed E-state index contributed by atoms with van der Waals surface area (Å²) in [5, 5.41) is 13.4. The third-order valence-electron chi connectivity index (χ3n) is 4.21. The lowest BCUT2D eigenvalue weighted by Gasteiger charge is -2.13. The molecule has 0 saturated heterocycles. The topological polar surface area (TPSA) is 44.6 Å². The van der Waals surface area contributed by atoms with E-state index in [4.69, 9.17) is 0 Å². The summed E-state index contributed by atoms with van der Waals surface area (Å²) in [5.74, 6) is 0.568. The molecule has 2 N–H and O–H groups in total. The van der Waals surface area contributed by atoms with Crippen LogP contribution in [0.1, 0.15) is 37.3 Å². The maximum Gasteiger partial charge on any atom is 0.120 e. The van der Waals surface area contributed by atoms with Crippen molar-refractivity contribution < 1.29 is 5.11 Å². The van der Waals surface area contributed by atoms with Crippen molar-refractivity contribution in [1.29, 1.82) is 0 Å². The van der Waals surface area contributed by atoms with Gasteiger partial charge in [-0.25, -0.2) is 0 Å². The fourth-order valence-corrected chi connectivity index (χ4v) is 2.48. The molecule has 2 unspecified atom stereocenters. The number of phenols is 1. The Bertz CT molecular complexity index is 637. The average molecular weight is 310 g/mol. The normalized spacial score (nSPS) is 14.0. The van der Waals surface area contributed by atoms with Crippen LogP contribution in [0.25, 0.3) is 0 Å². The molecule has 0 saturated carbocycles. The standard InChI is InChI=1S/C20H26N2O/c1-15(17-8-5-4-6-9-17)14-22-19-10-7-11-20(23)18(19)13-12-16(2)21-3/h4-11,14-16,21,23H,12-13H2,1-3H3/b22-14+. The molecule has 0 fully saturated rings. The molecule has 122 valence electrons. The fourth-order valence-electron chi connectivity index (χ4n) is 2.48. The van der Waals surface area contributed by atoms with Crippen molar-refractivity contribution >= 4 is 11.9 Å². The molecule has 3 heteroatoms. The van der Waals surface area contributed by atoms with Crippen LogP contribution in [0.15, 0.2) is 53.5 Å². The molecule has 0 aliphatic rings. The van der Waals surface area contributed by atoms with Crippen molar-refractivity contribution in [3.63, 3.8) is 0 Å². The van der Waals surface area contributed by atoms with Gasteiger partial charge in [0.15, 0.2) is 0 Å². The molecule has 3 nitrogen and oxygen atoms in total. The van der Waals surface area contributed by atoms with Crippen LogP contribution in [0.3, 0.4) is 0 Å². The van der Waals surface area contributed by atoms with Gasteiger partial charge in [-0.3, -0.25) is 4.99 Å². The lowest BCUT2D eigenvalue weighted by molar-refractivity contribution is 0.464. The third kappa shape index (κ3) is 4.93. The van der Waals surface area contributed by atoms with E-state index < -0.39 is 0 Å². The molecule has 2 rings (SSSR count). The number of hydrogen-bond acceptors (Lipinski definition) is 3. The highest BCUT2D eigenvalue weighted by atomic mass is 16.3. The van der Waals surface area contributed by atoms with Gasteiger partial charge in [-0.05, 0) is 44.5 Å². The van der Waals surface area contributed by atoms with Gasteiger partial charge in [0.25, 0.3) is 0 Å². The van der Waals surface area contributed by atoms with Crippen molar-refractivity contribution in [3.8, 4) is 5.75 Å². The summed E-state index contributed by atoms with van der Waals surface area (Å²) in [4.78, 5) is 4.64. The van der Waals surface area contributed by atoms with E-state index >= 15 is 0 Å². The van der Waals surface area contributed by atoms with E-state index in [2.05, 4.69) is 36.3 Å². The van der Waals surface area contributed by atoms with Gasteiger partial charge in [-0.1, -0.05) is 43.3 Å². The monoisotopic (exact) mass is 310 g/mol. The Labute approximate surface area is 139 Å². The van der Waals surface area contributed by atoms with Crippen LogP contribution in [0.2, 0.25) is 0 Å². The van der Waals surface area contributed by atoms with Gasteiger partial charge in [0, 0.05) is 23.7 Å². The zero-order chi connectivity index (χ0) is 16.7. The van der Waals surface area contributed by atoms with Crippen LogP contribution in [0.4, 0.5) is 5.69 Å². The van der Waals surface area contributed by atoms with Gasteiger partial charge in [0.1, 0.15) is 5.75 Å². The Kier molecular flexibility index (Phi) is 6.36. The predicted molar refractivity (Wildman–Crippen MR) is 98.0 cm³/mol. The van der Waals surface area contributed by atoms with Gasteiger partial charge in [-0.15, -0.1) is 0 Å². The zero-order valence-corrected chi connectivity index (χ0v) is 14.2.